The minimum Gasteiger partial charge on any atom is -0.389 e. The lowest BCUT2D eigenvalue weighted by Crippen LogP contribution is -2.29. The first kappa shape index (κ1) is 11.1. The third-order valence-electron chi connectivity index (χ3n) is 1.66. The van der Waals surface area contributed by atoms with Gasteiger partial charge in [0.15, 0.2) is 0 Å². The van der Waals surface area contributed by atoms with Gasteiger partial charge in [-0.05, 0) is 35.1 Å². The second-order valence-electron chi connectivity index (χ2n) is 2.71. The number of halogens is 1. The molecule has 0 bridgehead atoms. The van der Waals surface area contributed by atoms with Gasteiger partial charge >= 0.3 is 0 Å². The summed E-state index contributed by atoms with van der Waals surface area (Å²) in [7, 11) is 1.74. The largest absolute Gasteiger partial charge is 0.389 e. The van der Waals surface area contributed by atoms with Gasteiger partial charge in [0, 0.05) is 11.4 Å². The minimum absolute atomic E-state index is 0.386. The highest BCUT2D eigenvalue weighted by Crippen LogP contribution is 2.28. The van der Waals surface area contributed by atoms with E-state index in [4.69, 9.17) is 0 Å². The number of hydrogen-bond acceptors (Lipinski definition) is 4. The highest BCUT2D eigenvalue weighted by atomic mass is 79.9. The van der Waals surface area contributed by atoms with Crippen LogP contribution < -0.4 is 5.32 Å². The number of aliphatic hydroxyl groups excluding tert-OH is 2. The first-order valence-electron chi connectivity index (χ1n) is 3.91. The number of aliphatic hydroxyl groups is 2. The van der Waals surface area contributed by atoms with Crippen molar-refractivity contribution in [1.29, 1.82) is 0 Å². The molecule has 0 saturated heterocycles. The van der Waals surface area contributed by atoms with Crippen molar-refractivity contribution in [1.82, 2.24) is 5.32 Å². The first-order chi connectivity index (χ1) is 6.15. The first-order valence-corrected chi connectivity index (χ1v) is 5.52. The van der Waals surface area contributed by atoms with Crippen LogP contribution in [0.3, 0.4) is 0 Å². The third-order valence-corrected chi connectivity index (χ3v) is 3.36. The van der Waals surface area contributed by atoms with Gasteiger partial charge in [0.05, 0.1) is 9.89 Å². The zero-order valence-corrected chi connectivity index (χ0v) is 9.60. The highest BCUT2D eigenvalue weighted by molar-refractivity contribution is 9.11. The number of likely N-dealkylation sites (N-methyl/N-ethyl adjacent to an activating group) is 1. The Morgan fingerprint density at radius 2 is 2.23 bits per heavy atom. The molecule has 0 aromatic carbocycles. The molecule has 0 aliphatic heterocycles. The standard InChI is InChI=1S/C8H12BrNO2S/c1-10-4-5(11)8(12)6-2-3-7(9)13-6/h2-3,5,8,10-12H,4H2,1H3. The lowest BCUT2D eigenvalue weighted by Gasteiger charge is -2.15. The third kappa shape index (κ3) is 3.03. The maximum atomic E-state index is 9.63. The minimum atomic E-state index is -0.802. The molecule has 5 heteroatoms. The van der Waals surface area contributed by atoms with E-state index in [1.807, 2.05) is 6.07 Å². The van der Waals surface area contributed by atoms with Gasteiger partial charge in [-0.3, -0.25) is 0 Å². The molecule has 0 fully saturated rings. The maximum absolute atomic E-state index is 9.63. The van der Waals surface area contributed by atoms with Crippen molar-refractivity contribution in [2.45, 2.75) is 12.2 Å². The van der Waals surface area contributed by atoms with E-state index in [9.17, 15) is 10.2 Å². The fourth-order valence-electron chi connectivity index (χ4n) is 0.998. The van der Waals surface area contributed by atoms with E-state index < -0.39 is 12.2 Å². The Hall–Kier alpha value is 0.0600. The fraction of sp³-hybridized carbons (Fsp3) is 0.500. The summed E-state index contributed by atoms with van der Waals surface area (Å²) in [5, 5.41) is 21.9. The Morgan fingerprint density at radius 3 is 2.69 bits per heavy atom. The van der Waals surface area contributed by atoms with Crippen molar-refractivity contribution in [3.05, 3.63) is 20.8 Å². The van der Waals surface area contributed by atoms with Gasteiger partial charge in [0.2, 0.25) is 0 Å². The van der Waals surface area contributed by atoms with Crippen LogP contribution in [0.4, 0.5) is 0 Å². The topological polar surface area (TPSA) is 52.5 Å². The van der Waals surface area contributed by atoms with Crippen LogP contribution in [0.2, 0.25) is 0 Å². The molecule has 0 aliphatic rings. The summed E-state index contributed by atoms with van der Waals surface area (Å²) in [6.45, 7) is 0.386. The number of nitrogens with one attached hydrogen (secondary N) is 1. The summed E-state index contributed by atoms with van der Waals surface area (Å²) < 4.78 is 0.957. The molecule has 0 spiro atoms. The Kier molecular flexibility index (Phi) is 4.34. The van der Waals surface area contributed by atoms with Gasteiger partial charge in [0.25, 0.3) is 0 Å². The van der Waals surface area contributed by atoms with Crippen molar-refractivity contribution < 1.29 is 10.2 Å². The highest BCUT2D eigenvalue weighted by Gasteiger charge is 2.18. The van der Waals surface area contributed by atoms with Gasteiger partial charge in [-0.25, -0.2) is 0 Å². The van der Waals surface area contributed by atoms with Gasteiger partial charge in [-0.15, -0.1) is 11.3 Å². The Morgan fingerprint density at radius 1 is 1.54 bits per heavy atom. The van der Waals surface area contributed by atoms with Crippen LogP contribution in [0.5, 0.6) is 0 Å². The number of rotatable bonds is 4. The van der Waals surface area contributed by atoms with Crippen molar-refractivity contribution in [3.8, 4) is 0 Å². The zero-order valence-electron chi connectivity index (χ0n) is 7.20. The molecule has 3 N–H and O–H groups in total. The molecule has 74 valence electrons. The maximum Gasteiger partial charge on any atom is 0.115 e. The molecule has 1 rings (SSSR count). The summed E-state index contributed by atoms with van der Waals surface area (Å²) in [6.07, 6.45) is -1.56. The molecule has 2 unspecified atom stereocenters. The summed E-state index contributed by atoms with van der Waals surface area (Å²) in [5.74, 6) is 0. The van der Waals surface area contributed by atoms with Crippen LogP contribution in [0.1, 0.15) is 11.0 Å². The molecule has 3 nitrogen and oxygen atoms in total. The van der Waals surface area contributed by atoms with Crippen molar-refractivity contribution in [2.24, 2.45) is 0 Å². The van der Waals surface area contributed by atoms with Crippen LogP contribution in [0.15, 0.2) is 15.9 Å². The Labute approximate surface area is 89.5 Å². The predicted octanol–water partition coefficient (Wildman–Crippen LogP) is 1.12. The smallest absolute Gasteiger partial charge is 0.115 e. The molecular weight excluding hydrogens is 254 g/mol. The molecule has 0 aliphatic carbocycles. The summed E-state index contributed by atoms with van der Waals surface area (Å²) >= 11 is 4.73. The summed E-state index contributed by atoms with van der Waals surface area (Å²) in [6, 6.07) is 3.66. The summed E-state index contributed by atoms with van der Waals surface area (Å²) in [4.78, 5) is 0.773. The fourth-order valence-corrected chi connectivity index (χ4v) is 2.47. The van der Waals surface area contributed by atoms with Crippen LogP contribution in [0.25, 0.3) is 0 Å². The number of thiophene rings is 1. The van der Waals surface area contributed by atoms with E-state index in [1.165, 1.54) is 11.3 Å². The van der Waals surface area contributed by atoms with Crippen molar-refractivity contribution >= 4 is 27.3 Å². The monoisotopic (exact) mass is 265 g/mol. The van der Waals surface area contributed by atoms with Crippen molar-refractivity contribution in [2.75, 3.05) is 13.6 Å². The van der Waals surface area contributed by atoms with E-state index in [-0.39, 0.29) is 0 Å². The molecular formula is C8H12BrNO2S. The average molecular weight is 266 g/mol. The SMILES string of the molecule is CNCC(O)C(O)c1ccc(Br)s1. The van der Waals surface area contributed by atoms with Crippen LogP contribution in [-0.2, 0) is 0 Å². The summed E-state index contributed by atoms with van der Waals surface area (Å²) in [5.41, 5.74) is 0. The molecule has 1 aromatic rings. The predicted molar refractivity (Wildman–Crippen MR) is 56.9 cm³/mol. The lowest BCUT2D eigenvalue weighted by atomic mass is 10.2. The second kappa shape index (κ2) is 5.07. The molecule has 0 saturated carbocycles. The number of hydrogen-bond donors (Lipinski definition) is 3. The van der Waals surface area contributed by atoms with Crippen LogP contribution in [0, 0.1) is 0 Å². The van der Waals surface area contributed by atoms with E-state index in [0.717, 1.165) is 8.66 Å². The van der Waals surface area contributed by atoms with Gasteiger partial charge in [0.1, 0.15) is 6.10 Å². The lowest BCUT2D eigenvalue weighted by molar-refractivity contribution is 0.0224. The van der Waals surface area contributed by atoms with Crippen molar-refractivity contribution in [3.63, 3.8) is 0 Å². The van der Waals surface area contributed by atoms with E-state index in [2.05, 4.69) is 21.2 Å². The molecule has 13 heavy (non-hydrogen) atoms. The average Bonchev–Trinajstić information content (AvgIpc) is 2.51. The molecule has 0 radical (unpaired) electrons. The van der Waals surface area contributed by atoms with Crippen LogP contribution >= 0.6 is 27.3 Å². The van der Waals surface area contributed by atoms with Crippen LogP contribution in [-0.4, -0.2) is 29.9 Å². The molecule has 1 heterocycles. The Balaban J connectivity index is 2.61. The van der Waals surface area contributed by atoms with E-state index in [0.29, 0.717) is 6.54 Å². The molecule has 2 atom stereocenters. The Bertz CT molecular complexity index is 266. The van der Waals surface area contributed by atoms with Gasteiger partial charge in [-0.1, -0.05) is 0 Å². The zero-order chi connectivity index (χ0) is 9.84. The molecule has 0 amide bonds. The molecule has 1 aromatic heterocycles. The van der Waals surface area contributed by atoms with Gasteiger partial charge in [-0.2, -0.15) is 0 Å². The van der Waals surface area contributed by atoms with E-state index >= 15 is 0 Å². The normalized spacial score (nSPS) is 15.7. The second-order valence-corrected chi connectivity index (χ2v) is 5.21. The quantitative estimate of drug-likeness (QED) is 0.765. The van der Waals surface area contributed by atoms with Gasteiger partial charge < -0.3 is 15.5 Å². The van der Waals surface area contributed by atoms with E-state index in [1.54, 1.807) is 13.1 Å².